The topological polar surface area (TPSA) is 35.5 Å². The second-order valence-electron chi connectivity index (χ2n) is 4.79. The van der Waals surface area contributed by atoms with E-state index < -0.39 is 0 Å². The van der Waals surface area contributed by atoms with Crippen LogP contribution in [0, 0.1) is 0 Å². The van der Waals surface area contributed by atoms with Crippen molar-refractivity contribution >= 4 is 5.78 Å². The fourth-order valence-electron chi connectivity index (χ4n) is 2.31. The quantitative estimate of drug-likeness (QED) is 0.577. The maximum Gasteiger partial charge on any atom is 0.193 e. The molecule has 0 aliphatic heterocycles. The van der Waals surface area contributed by atoms with E-state index in [1.807, 2.05) is 54.6 Å². The first kappa shape index (κ1) is 15.4. The molecule has 0 heterocycles. The minimum absolute atomic E-state index is 0.0533. The Kier molecular flexibility index (Phi) is 5.67. The maximum absolute atomic E-state index is 12.6. The van der Waals surface area contributed by atoms with Gasteiger partial charge >= 0.3 is 0 Å². The van der Waals surface area contributed by atoms with Gasteiger partial charge in [0.25, 0.3) is 0 Å². The molecule has 21 heavy (non-hydrogen) atoms. The third kappa shape index (κ3) is 4.00. The highest BCUT2D eigenvalue weighted by atomic mass is 16.7. The molecule has 2 aromatic carbocycles. The number of carbonyl (C=O) groups is 1. The summed E-state index contributed by atoms with van der Waals surface area (Å²) in [6.07, 6.45) is 1.21. The van der Waals surface area contributed by atoms with Crippen molar-refractivity contribution in [1.29, 1.82) is 0 Å². The van der Waals surface area contributed by atoms with Gasteiger partial charge in [-0.05, 0) is 12.0 Å². The minimum atomic E-state index is -0.245. The minimum Gasteiger partial charge on any atom is -0.356 e. The normalized spacial score (nSPS) is 10.8. The molecule has 0 atom stereocenters. The van der Waals surface area contributed by atoms with Gasteiger partial charge in [-0.1, -0.05) is 54.6 Å². The number of hydrogen-bond acceptors (Lipinski definition) is 3. The number of aryl methyl sites for hydroxylation is 1. The predicted molar refractivity (Wildman–Crippen MR) is 82.4 cm³/mol. The third-order valence-electron chi connectivity index (χ3n) is 3.47. The van der Waals surface area contributed by atoms with Crippen LogP contribution in [-0.2, 0) is 15.9 Å². The number of rotatable bonds is 7. The van der Waals surface area contributed by atoms with E-state index in [2.05, 4.69) is 0 Å². The zero-order valence-corrected chi connectivity index (χ0v) is 12.4. The lowest BCUT2D eigenvalue weighted by Gasteiger charge is -2.14. The SMILES string of the molecule is COC(CCc1ccccc1C(=O)c1ccccc1)OC. The average molecular weight is 284 g/mol. The van der Waals surface area contributed by atoms with Crippen LogP contribution >= 0.6 is 0 Å². The lowest BCUT2D eigenvalue weighted by atomic mass is 9.96. The molecule has 0 unspecified atom stereocenters. The van der Waals surface area contributed by atoms with E-state index in [0.29, 0.717) is 12.0 Å². The highest BCUT2D eigenvalue weighted by molar-refractivity contribution is 6.09. The van der Waals surface area contributed by atoms with Crippen molar-refractivity contribution in [3.05, 3.63) is 71.3 Å². The van der Waals surface area contributed by atoms with E-state index in [1.54, 1.807) is 14.2 Å². The monoisotopic (exact) mass is 284 g/mol. The first-order valence-corrected chi connectivity index (χ1v) is 6.99. The molecule has 0 aliphatic carbocycles. The van der Waals surface area contributed by atoms with E-state index in [4.69, 9.17) is 9.47 Å². The molecule has 0 radical (unpaired) electrons. The molecule has 0 aliphatic rings. The fourth-order valence-corrected chi connectivity index (χ4v) is 2.31. The van der Waals surface area contributed by atoms with Gasteiger partial charge in [0.15, 0.2) is 12.1 Å². The number of carbonyl (C=O) groups excluding carboxylic acids is 1. The summed E-state index contributed by atoms with van der Waals surface area (Å²) in [5.74, 6) is 0.0533. The molecule has 2 rings (SSSR count). The molecule has 0 amide bonds. The van der Waals surface area contributed by atoms with Crippen LogP contribution in [0.5, 0.6) is 0 Å². The lowest BCUT2D eigenvalue weighted by Crippen LogP contribution is -2.15. The van der Waals surface area contributed by atoms with Gasteiger partial charge in [0.1, 0.15) is 0 Å². The van der Waals surface area contributed by atoms with Gasteiger partial charge in [-0.25, -0.2) is 0 Å². The van der Waals surface area contributed by atoms with Crippen LogP contribution in [0.4, 0.5) is 0 Å². The summed E-state index contributed by atoms with van der Waals surface area (Å²) in [7, 11) is 3.24. The maximum atomic E-state index is 12.6. The van der Waals surface area contributed by atoms with Crippen molar-refractivity contribution in [2.24, 2.45) is 0 Å². The van der Waals surface area contributed by atoms with Gasteiger partial charge in [0, 0.05) is 31.8 Å². The second kappa shape index (κ2) is 7.72. The number of methoxy groups -OCH3 is 2. The average Bonchev–Trinajstić information content (AvgIpc) is 2.56. The summed E-state index contributed by atoms with van der Waals surface area (Å²) in [5, 5.41) is 0. The van der Waals surface area contributed by atoms with Crippen molar-refractivity contribution in [2.75, 3.05) is 14.2 Å². The molecule has 110 valence electrons. The molecule has 0 bridgehead atoms. The summed E-state index contributed by atoms with van der Waals surface area (Å²) in [6.45, 7) is 0. The summed E-state index contributed by atoms with van der Waals surface area (Å²) >= 11 is 0. The van der Waals surface area contributed by atoms with E-state index >= 15 is 0 Å². The molecule has 2 aromatic rings. The largest absolute Gasteiger partial charge is 0.356 e. The molecule has 0 saturated heterocycles. The summed E-state index contributed by atoms with van der Waals surface area (Å²) in [6, 6.07) is 17.0. The molecular weight excluding hydrogens is 264 g/mol. The van der Waals surface area contributed by atoms with Crippen LogP contribution in [0.1, 0.15) is 27.9 Å². The Bertz CT molecular complexity index is 574. The van der Waals surface area contributed by atoms with Crippen molar-refractivity contribution < 1.29 is 14.3 Å². The van der Waals surface area contributed by atoms with Gasteiger partial charge < -0.3 is 9.47 Å². The van der Waals surface area contributed by atoms with Crippen molar-refractivity contribution in [3.8, 4) is 0 Å². The predicted octanol–water partition coefficient (Wildman–Crippen LogP) is 3.47. The smallest absolute Gasteiger partial charge is 0.193 e. The molecule has 0 N–H and O–H groups in total. The second-order valence-corrected chi connectivity index (χ2v) is 4.79. The van der Waals surface area contributed by atoms with Crippen LogP contribution in [0.3, 0.4) is 0 Å². The third-order valence-corrected chi connectivity index (χ3v) is 3.47. The Balaban J connectivity index is 2.19. The number of hydrogen-bond donors (Lipinski definition) is 0. The van der Waals surface area contributed by atoms with Crippen LogP contribution in [0.2, 0.25) is 0 Å². The molecule has 0 saturated carbocycles. The molecule has 3 nitrogen and oxygen atoms in total. The molecule has 0 aromatic heterocycles. The summed E-state index contributed by atoms with van der Waals surface area (Å²) in [5.41, 5.74) is 2.47. The zero-order valence-electron chi connectivity index (χ0n) is 12.4. The van der Waals surface area contributed by atoms with Gasteiger partial charge in [0.2, 0.25) is 0 Å². The Hall–Kier alpha value is -1.97. The van der Waals surface area contributed by atoms with E-state index in [1.165, 1.54) is 0 Å². The lowest BCUT2D eigenvalue weighted by molar-refractivity contribution is -0.105. The van der Waals surface area contributed by atoms with Crippen molar-refractivity contribution in [3.63, 3.8) is 0 Å². The number of ketones is 1. The molecular formula is C18H20O3. The Morgan fingerprint density at radius 1 is 0.952 bits per heavy atom. The molecule has 0 spiro atoms. The Labute approximate surface area is 125 Å². The van der Waals surface area contributed by atoms with Crippen molar-refractivity contribution in [2.45, 2.75) is 19.1 Å². The zero-order chi connectivity index (χ0) is 15.1. The Morgan fingerprint density at radius 3 is 2.24 bits per heavy atom. The van der Waals surface area contributed by atoms with Crippen LogP contribution in [0.15, 0.2) is 54.6 Å². The summed E-state index contributed by atoms with van der Waals surface area (Å²) in [4.78, 5) is 12.6. The van der Waals surface area contributed by atoms with Gasteiger partial charge in [-0.3, -0.25) is 4.79 Å². The highest BCUT2D eigenvalue weighted by Gasteiger charge is 2.14. The van der Waals surface area contributed by atoms with E-state index in [-0.39, 0.29) is 12.1 Å². The van der Waals surface area contributed by atoms with Crippen LogP contribution in [0.25, 0.3) is 0 Å². The van der Waals surface area contributed by atoms with Crippen LogP contribution in [-0.4, -0.2) is 26.3 Å². The number of ether oxygens (including phenoxy) is 2. The molecule has 0 fully saturated rings. The highest BCUT2D eigenvalue weighted by Crippen LogP contribution is 2.17. The summed E-state index contributed by atoms with van der Waals surface area (Å²) < 4.78 is 10.4. The first-order chi connectivity index (χ1) is 10.3. The van der Waals surface area contributed by atoms with E-state index in [0.717, 1.165) is 17.5 Å². The van der Waals surface area contributed by atoms with Gasteiger partial charge in [-0.2, -0.15) is 0 Å². The van der Waals surface area contributed by atoms with Crippen molar-refractivity contribution in [1.82, 2.24) is 0 Å². The first-order valence-electron chi connectivity index (χ1n) is 6.99. The van der Waals surface area contributed by atoms with E-state index in [9.17, 15) is 4.79 Å². The Morgan fingerprint density at radius 2 is 1.57 bits per heavy atom. The van der Waals surface area contributed by atoms with Gasteiger partial charge in [-0.15, -0.1) is 0 Å². The number of benzene rings is 2. The standard InChI is InChI=1S/C18H20O3/c1-20-17(21-2)13-12-14-8-6-7-11-16(14)18(19)15-9-4-3-5-10-15/h3-11,17H,12-13H2,1-2H3. The van der Waals surface area contributed by atoms with Gasteiger partial charge in [0.05, 0.1) is 0 Å². The van der Waals surface area contributed by atoms with Crippen LogP contribution < -0.4 is 0 Å². The molecule has 3 heteroatoms. The fraction of sp³-hybridized carbons (Fsp3) is 0.278.